The predicted octanol–water partition coefficient (Wildman–Crippen LogP) is 1.03. The first kappa shape index (κ1) is 7.58. The summed E-state index contributed by atoms with van der Waals surface area (Å²) < 4.78 is 6.08. The van der Waals surface area contributed by atoms with Crippen LogP contribution in [0.3, 0.4) is 0 Å². The maximum absolute atomic E-state index is 10.9. The van der Waals surface area contributed by atoms with Crippen LogP contribution in [0, 0.1) is 0 Å². The van der Waals surface area contributed by atoms with Gasteiger partial charge in [0.05, 0.1) is 0 Å². The fraction of sp³-hybridized carbons (Fsp3) is 0.750. The Morgan fingerprint density at radius 2 is 2.17 bits per heavy atom. The fourth-order valence-corrected chi connectivity index (χ4v) is 1.83. The van der Waals surface area contributed by atoms with Gasteiger partial charge in [-0.25, -0.2) is 4.79 Å². The third kappa shape index (κ3) is 1.07. The Labute approximate surface area is 70.2 Å². The first-order valence-corrected chi connectivity index (χ1v) is 4.31. The average Bonchev–Trinajstić information content (AvgIpc) is 2.64. The first-order valence-electron chi connectivity index (χ1n) is 4.31. The molecule has 1 fully saturated rings. The lowest BCUT2D eigenvalue weighted by molar-refractivity contribution is 0.373. The molecule has 12 heavy (non-hydrogen) atoms. The van der Waals surface area contributed by atoms with Gasteiger partial charge in [-0.3, -0.25) is 9.09 Å². The van der Waals surface area contributed by atoms with Crippen LogP contribution >= 0.6 is 0 Å². The second-order valence-electron chi connectivity index (χ2n) is 3.35. The van der Waals surface area contributed by atoms with Gasteiger partial charge in [0.25, 0.3) is 0 Å². The molecule has 1 aliphatic carbocycles. The third-order valence-electron chi connectivity index (χ3n) is 2.56. The second kappa shape index (κ2) is 2.77. The SMILES string of the molecule is Cn1c(C2CCCC2)noc1=O. The van der Waals surface area contributed by atoms with Crippen LogP contribution in [-0.4, -0.2) is 9.72 Å². The smallest absolute Gasteiger partial charge is 0.296 e. The van der Waals surface area contributed by atoms with Crippen LogP contribution in [0.2, 0.25) is 0 Å². The molecule has 0 amide bonds. The van der Waals surface area contributed by atoms with E-state index in [1.807, 2.05) is 0 Å². The summed E-state index contributed by atoms with van der Waals surface area (Å²) in [5, 5.41) is 3.77. The summed E-state index contributed by atoms with van der Waals surface area (Å²) in [6.07, 6.45) is 4.76. The molecule has 0 spiro atoms. The predicted molar refractivity (Wildman–Crippen MR) is 43.0 cm³/mol. The molecule has 1 aromatic rings. The largest absolute Gasteiger partial charge is 0.441 e. The Morgan fingerprint density at radius 1 is 1.50 bits per heavy atom. The van der Waals surface area contributed by atoms with E-state index >= 15 is 0 Å². The summed E-state index contributed by atoms with van der Waals surface area (Å²) in [7, 11) is 1.71. The number of rotatable bonds is 1. The molecular weight excluding hydrogens is 156 g/mol. The highest BCUT2D eigenvalue weighted by Gasteiger charge is 2.22. The van der Waals surface area contributed by atoms with E-state index in [-0.39, 0.29) is 5.76 Å². The fourth-order valence-electron chi connectivity index (χ4n) is 1.83. The minimum absolute atomic E-state index is 0.350. The Kier molecular flexibility index (Phi) is 1.75. The molecule has 0 bridgehead atoms. The van der Waals surface area contributed by atoms with Gasteiger partial charge < -0.3 is 0 Å². The van der Waals surface area contributed by atoms with E-state index < -0.39 is 0 Å². The Bertz CT molecular complexity index is 320. The maximum Gasteiger partial charge on any atom is 0.441 e. The zero-order chi connectivity index (χ0) is 8.55. The van der Waals surface area contributed by atoms with E-state index in [2.05, 4.69) is 9.68 Å². The normalized spacial score (nSPS) is 18.8. The van der Waals surface area contributed by atoms with Crippen molar-refractivity contribution < 1.29 is 4.52 Å². The molecule has 0 unspecified atom stereocenters. The molecule has 1 heterocycles. The van der Waals surface area contributed by atoms with Crippen molar-refractivity contribution in [3.63, 3.8) is 0 Å². The van der Waals surface area contributed by atoms with Gasteiger partial charge in [0.2, 0.25) is 0 Å². The molecule has 1 saturated carbocycles. The highest BCUT2D eigenvalue weighted by molar-refractivity contribution is 4.96. The van der Waals surface area contributed by atoms with Crippen molar-refractivity contribution in [1.29, 1.82) is 0 Å². The van der Waals surface area contributed by atoms with Gasteiger partial charge in [-0.05, 0) is 12.8 Å². The lowest BCUT2D eigenvalue weighted by Crippen LogP contribution is -2.13. The van der Waals surface area contributed by atoms with Crippen molar-refractivity contribution in [3.8, 4) is 0 Å². The molecule has 4 nitrogen and oxygen atoms in total. The molecule has 0 saturated heterocycles. The highest BCUT2D eigenvalue weighted by atomic mass is 16.5. The molecule has 1 aliphatic rings. The summed E-state index contributed by atoms with van der Waals surface area (Å²) in [5.74, 6) is 0.913. The van der Waals surface area contributed by atoms with Crippen LogP contribution < -0.4 is 5.76 Å². The summed E-state index contributed by atoms with van der Waals surface area (Å²) in [5.41, 5.74) is 0. The Hall–Kier alpha value is -1.06. The topological polar surface area (TPSA) is 48.0 Å². The molecular formula is C8H12N2O2. The van der Waals surface area contributed by atoms with E-state index in [4.69, 9.17) is 0 Å². The Morgan fingerprint density at radius 3 is 2.67 bits per heavy atom. The number of hydrogen-bond acceptors (Lipinski definition) is 3. The lowest BCUT2D eigenvalue weighted by atomic mass is 10.1. The molecule has 4 heteroatoms. The monoisotopic (exact) mass is 168 g/mol. The summed E-state index contributed by atoms with van der Waals surface area (Å²) in [6.45, 7) is 0. The average molecular weight is 168 g/mol. The molecule has 0 N–H and O–H groups in total. The lowest BCUT2D eigenvalue weighted by Gasteiger charge is -2.04. The van der Waals surface area contributed by atoms with Gasteiger partial charge in [0, 0.05) is 13.0 Å². The molecule has 0 radical (unpaired) electrons. The van der Waals surface area contributed by atoms with Crippen molar-refractivity contribution in [2.75, 3.05) is 0 Å². The van der Waals surface area contributed by atoms with Crippen molar-refractivity contribution in [3.05, 3.63) is 16.4 Å². The zero-order valence-electron chi connectivity index (χ0n) is 7.12. The van der Waals surface area contributed by atoms with E-state index in [1.54, 1.807) is 7.05 Å². The van der Waals surface area contributed by atoms with Crippen molar-refractivity contribution in [1.82, 2.24) is 9.72 Å². The van der Waals surface area contributed by atoms with Crippen LogP contribution in [0.15, 0.2) is 9.32 Å². The van der Waals surface area contributed by atoms with Crippen LogP contribution in [0.4, 0.5) is 0 Å². The van der Waals surface area contributed by atoms with E-state index in [9.17, 15) is 4.79 Å². The quantitative estimate of drug-likeness (QED) is 0.629. The summed E-state index contributed by atoms with van der Waals surface area (Å²) in [6, 6.07) is 0. The third-order valence-corrected chi connectivity index (χ3v) is 2.56. The van der Waals surface area contributed by atoms with Crippen LogP contribution in [0.25, 0.3) is 0 Å². The summed E-state index contributed by atoms with van der Waals surface area (Å²) in [4.78, 5) is 10.9. The van der Waals surface area contributed by atoms with Crippen molar-refractivity contribution in [2.24, 2.45) is 7.05 Å². The molecule has 1 aromatic heterocycles. The second-order valence-corrected chi connectivity index (χ2v) is 3.35. The number of nitrogens with zero attached hydrogens (tertiary/aromatic N) is 2. The van der Waals surface area contributed by atoms with Crippen molar-refractivity contribution >= 4 is 0 Å². The van der Waals surface area contributed by atoms with Crippen molar-refractivity contribution in [2.45, 2.75) is 31.6 Å². The van der Waals surface area contributed by atoms with E-state index in [0.29, 0.717) is 5.92 Å². The van der Waals surface area contributed by atoms with Crippen LogP contribution in [0.1, 0.15) is 37.4 Å². The molecule has 2 rings (SSSR count). The van der Waals surface area contributed by atoms with E-state index in [0.717, 1.165) is 18.7 Å². The Balaban J connectivity index is 2.32. The molecule has 0 atom stereocenters. The number of aromatic nitrogens is 2. The van der Waals surface area contributed by atoms with Gasteiger partial charge in [-0.1, -0.05) is 18.0 Å². The van der Waals surface area contributed by atoms with Crippen LogP contribution in [-0.2, 0) is 7.05 Å². The summed E-state index contributed by atoms with van der Waals surface area (Å²) >= 11 is 0. The maximum atomic E-state index is 10.9. The zero-order valence-corrected chi connectivity index (χ0v) is 7.12. The minimum Gasteiger partial charge on any atom is -0.296 e. The van der Waals surface area contributed by atoms with Gasteiger partial charge in [0.1, 0.15) is 0 Å². The van der Waals surface area contributed by atoms with Gasteiger partial charge >= 0.3 is 5.76 Å². The molecule has 0 aliphatic heterocycles. The van der Waals surface area contributed by atoms with Crippen LogP contribution in [0.5, 0.6) is 0 Å². The first-order chi connectivity index (χ1) is 5.79. The molecule has 66 valence electrons. The number of hydrogen-bond donors (Lipinski definition) is 0. The van der Waals surface area contributed by atoms with E-state index in [1.165, 1.54) is 17.4 Å². The highest BCUT2D eigenvalue weighted by Crippen LogP contribution is 2.31. The van der Waals surface area contributed by atoms with Gasteiger partial charge in [0.15, 0.2) is 5.82 Å². The van der Waals surface area contributed by atoms with Gasteiger partial charge in [-0.2, -0.15) is 0 Å². The minimum atomic E-state index is -0.350. The molecule has 0 aromatic carbocycles. The van der Waals surface area contributed by atoms with Gasteiger partial charge in [-0.15, -0.1) is 0 Å². The standard InChI is InChI=1S/C8H12N2O2/c1-10-7(9-12-8(10)11)6-4-2-3-5-6/h6H,2-5H2,1H3.